The summed E-state index contributed by atoms with van der Waals surface area (Å²) in [6.07, 6.45) is 4.03. The number of benzene rings is 3. The lowest BCUT2D eigenvalue weighted by atomic mass is 10.2. The SMILES string of the molecule is Cc1ccc(-n2cc(-c3ccccc3)nc2NC(=O)CN(CC2CC2)C(=O)c2ccccc2Cl)cc1. The number of hydrogen-bond acceptors (Lipinski definition) is 3. The quantitative estimate of drug-likeness (QED) is 0.324. The predicted molar refractivity (Wildman–Crippen MR) is 142 cm³/mol. The largest absolute Gasteiger partial charge is 0.329 e. The summed E-state index contributed by atoms with van der Waals surface area (Å²) in [5.41, 5.74) is 4.12. The van der Waals surface area contributed by atoms with Crippen molar-refractivity contribution in [2.24, 2.45) is 5.92 Å². The number of halogens is 1. The van der Waals surface area contributed by atoms with Crippen LogP contribution in [-0.4, -0.2) is 39.4 Å². The molecule has 1 aromatic heterocycles. The molecule has 0 radical (unpaired) electrons. The first kappa shape index (κ1) is 23.8. The van der Waals surface area contributed by atoms with Gasteiger partial charge in [0, 0.05) is 24.0 Å². The van der Waals surface area contributed by atoms with Crippen LogP contribution in [0, 0.1) is 12.8 Å². The maximum absolute atomic E-state index is 13.3. The Morgan fingerprint density at radius 1 is 1.00 bits per heavy atom. The molecule has 7 heteroatoms. The molecule has 0 unspecified atom stereocenters. The fourth-order valence-electron chi connectivity index (χ4n) is 4.09. The van der Waals surface area contributed by atoms with Crippen LogP contribution in [0.3, 0.4) is 0 Å². The molecule has 0 spiro atoms. The standard InChI is InChI=1S/C29H27ClN4O2/c1-20-11-15-23(16-12-20)34-18-26(22-7-3-2-4-8-22)31-29(34)32-27(35)19-33(17-21-13-14-21)28(36)24-9-5-6-10-25(24)30/h2-12,15-16,18,21H,13-14,17,19H2,1H3,(H,31,32,35). The Morgan fingerprint density at radius 2 is 1.69 bits per heavy atom. The van der Waals surface area contributed by atoms with Gasteiger partial charge in [0.15, 0.2) is 0 Å². The second kappa shape index (κ2) is 10.4. The van der Waals surface area contributed by atoms with Crippen molar-refractivity contribution in [2.45, 2.75) is 19.8 Å². The van der Waals surface area contributed by atoms with E-state index in [9.17, 15) is 9.59 Å². The summed E-state index contributed by atoms with van der Waals surface area (Å²) in [5, 5.41) is 3.33. The van der Waals surface area contributed by atoms with Crippen molar-refractivity contribution < 1.29 is 9.59 Å². The lowest BCUT2D eigenvalue weighted by molar-refractivity contribution is -0.117. The molecule has 6 nitrogen and oxygen atoms in total. The van der Waals surface area contributed by atoms with Gasteiger partial charge < -0.3 is 4.90 Å². The van der Waals surface area contributed by atoms with E-state index in [-0.39, 0.29) is 18.4 Å². The van der Waals surface area contributed by atoms with Crippen LogP contribution in [0.4, 0.5) is 5.95 Å². The Hall–Kier alpha value is -3.90. The predicted octanol–water partition coefficient (Wildman–Crippen LogP) is 5.99. The molecule has 2 amide bonds. The fourth-order valence-corrected chi connectivity index (χ4v) is 4.31. The van der Waals surface area contributed by atoms with Crippen LogP contribution in [0.15, 0.2) is 85.1 Å². The molecule has 0 aliphatic heterocycles. The molecule has 3 aromatic carbocycles. The number of hydrogen-bond donors (Lipinski definition) is 1. The van der Waals surface area contributed by atoms with Crippen LogP contribution in [-0.2, 0) is 4.79 Å². The monoisotopic (exact) mass is 498 g/mol. The summed E-state index contributed by atoms with van der Waals surface area (Å²) in [5.74, 6) is 0.270. The number of carbonyl (C=O) groups is 2. The van der Waals surface area contributed by atoms with Crippen LogP contribution >= 0.6 is 11.6 Å². The number of nitrogens with zero attached hydrogens (tertiary/aromatic N) is 3. The highest BCUT2D eigenvalue weighted by molar-refractivity contribution is 6.33. The lowest BCUT2D eigenvalue weighted by Gasteiger charge is -2.22. The van der Waals surface area contributed by atoms with Crippen LogP contribution in [0.25, 0.3) is 16.9 Å². The minimum absolute atomic E-state index is 0.0814. The summed E-state index contributed by atoms with van der Waals surface area (Å²) in [6.45, 7) is 2.47. The molecule has 1 N–H and O–H groups in total. The summed E-state index contributed by atoms with van der Waals surface area (Å²) in [7, 11) is 0. The molecular formula is C29H27ClN4O2. The first-order chi connectivity index (χ1) is 17.5. The molecule has 1 aliphatic rings. The van der Waals surface area contributed by atoms with Gasteiger partial charge in [-0.05, 0) is 49.9 Å². The normalized spacial score (nSPS) is 12.8. The molecule has 1 aliphatic carbocycles. The van der Waals surface area contributed by atoms with Gasteiger partial charge in [0.2, 0.25) is 11.9 Å². The topological polar surface area (TPSA) is 67.2 Å². The van der Waals surface area contributed by atoms with E-state index in [2.05, 4.69) is 5.32 Å². The van der Waals surface area contributed by atoms with Crippen LogP contribution in [0.2, 0.25) is 5.02 Å². The maximum Gasteiger partial charge on any atom is 0.255 e. The Balaban J connectivity index is 1.41. The van der Waals surface area contributed by atoms with Crippen LogP contribution < -0.4 is 5.32 Å². The average Bonchev–Trinajstić information content (AvgIpc) is 3.61. The van der Waals surface area contributed by atoms with Crippen molar-refractivity contribution in [3.8, 4) is 16.9 Å². The lowest BCUT2D eigenvalue weighted by Crippen LogP contribution is -2.39. The van der Waals surface area contributed by atoms with Gasteiger partial charge in [0.1, 0.15) is 6.54 Å². The minimum atomic E-state index is -0.311. The van der Waals surface area contributed by atoms with Gasteiger partial charge in [-0.25, -0.2) is 4.98 Å². The van der Waals surface area contributed by atoms with E-state index in [4.69, 9.17) is 16.6 Å². The van der Waals surface area contributed by atoms with Gasteiger partial charge in [0.05, 0.1) is 16.3 Å². The smallest absolute Gasteiger partial charge is 0.255 e. The first-order valence-corrected chi connectivity index (χ1v) is 12.4. The number of anilines is 1. The molecule has 5 rings (SSSR count). The fraction of sp³-hybridized carbons (Fsp3) is 0.207. The van der Waals surface area contributed by atoms with Gasteiger partial charge in [-0.3, -0.25) is 19.5 Å². The van der Waals surface area contributed by atoms with Crippen molar-refractivity contribution in [3.05, 3.63) is 101 Å². The zero-order valence-electron chi connectivity index (χ0n) is 20.0. The van der Waals surface area contributed by atoms with Crippen molar-refractivity contribution in [1.29, 1.82) is 0 Å². The number of aromatic nitrogens is 2. The van der Waals surface area contributed by atoms with E-state index in [0.717, 1.165) is 35.3 Å². The number of rotatable bonds is 8. The van der Waals surface area contributed by atoms with Crippen molar-refractivity contribution in [3.63, 3.8) is 0 Å². The van der Waals surface area contributed by atoms with Crippen LogP contribution in [0.1, 0.15) is 28.8 Å². The number of amides is 2. The third kappa shape index (κ3) is 5.50. The minimum Gasteiger partial charge on any atom is -0.329 e. The van der Waals surface area contributed by atoms with E-state index >= 15 is 0 Å². The summed E-state index contributed by atoms with van der Waals surface area (Å²) in [6, 6.07) is 24.8. The van der Waals surface area contributed by atoms with Crippen molar-refractivity contribution in [1.82, 2.24) is 14.5 Å². The van der Waals surface area contributed by atoms with E-state index in [1.165, 1.54) is 0 Å². The molecule has 1 fully saturated rings. The Morgan fingerprint density at radius 3 is 2.39 bits per heavy atom. The molecular weight excluding hydrogens is 472 g/mol. The third-order valence-corrected chi connectivity index (χ3v) is 6.57. The summed E-state index contributed by atoms with van der Waals surface area (Å²) >= 11 is 6.28. The molecule has 36 heavy (non-hydrogen) atoms. The molecule has 0 atom stereocenters. The van der Waals surface area contributed by atoms with Crippen molar-refractivity contribution in [2.75, 3.05) is 18.4 Å². The second-order valence-electron chi connectivity index (χ2n) is 9.18. The molecule has 0 bridgehead atoms. The number of nitrogens with one attached hydrogen (secondary N) is 1. The summed E-state index contributed by atoms with van der Waals surface area (Å²) < 4.78 is 1.86. The van der Waals surface area contributed by atoms with E-state index in [1.807, 2.05) is 72.3 Å². The van der Waals surface area contributed by atoms with Gasteiger partial charge >= 0.3 is 0 Å². The van der Waals surface area contributed by atoms with Gasteiger partial charge in [-0.15, -0.1) is 0 Å². The highest BCUT2D eigenvalue weighted by atomic mass is 35.5. The highest BCUT2D eigenvalue weighted by Crippen LogP contribution is 2.31. The maximum atomic E-state index is 13.3. The third-order valence-electron chi connectivity index (χ3n) is 6.24. The highest BCUT2D eigenvalue weighted by Gasteiger charge is 2.29. The average molecular weight is 499 g/mol. The number of carbonyl (C=O) groups excluding carboxylic acids is 2. The molecule has 1 heterocycles. The number of imidazole rings is 1. The molecule has 182 valence electrons. The zero-order valence-corrected chi connectivity index (χ0v) is 20.8. The number of aryl methyl sites for hydroxylation is 1. The van der Waals surface area contributed by atoms with E-state index < -0.39 is 0 Å². The summed E-state index contributed by atoms with van der Waals surface area (Å²) in [4.78, 5) is 32.8. The van der Waals surface area contributed by atoms with Crippen molar-refractivity contribution >= 4 is 29.4 Å². The Kier molecular flexibility index (Phi) is 6.87. The van der Waals surface area contributed by atoms with Crippen LogP contribution in [0.5, 0.6) is 0 Å². The second-order valence-corrected chi connectivity index (χ2v) is 9.59. The Labute approximate surface area is 215 Å². The van der Waals surface area contributed by atoms with E-state index in [1.54, 1.807) is 29.2 Å². The first-order valence-electron chi connectivity index (χ1n) is 12.0. The zero-order chi connectivity index (χ0) is 25.1. The molecule has 4 aromatic rings. The van der Waals surface area contributed by atoms with E-state index in [0.29, 0.717) is 29.0 Å². The molecule has 1 saturated carbocycles. The Bertz CT molecular complexity index is 1380. The van der Waals surface area contributed by atoms with Gasteiger partial charge in [0.25, 0.3) is 5.91 Å². The molecule has 0 saturated heterocycles. The van der Waals surface area contributed by atoms with Gasteiger partial charge in [-0.1, -0.05) is 71.8 Å². The van der Waals surface area contributed by atoms with Gasteiger partial charge in [-0.2, -0.15) is 0 Å².